The van der Waals surface area contributed by atoms with Crippen LogP contribution in [0.25, 0.3) is 16.8 Å². The summed E-state index contributed by atoms with van der Waals surface area (Å²) < 4.78 is 5.51. The maximum Gasteiger partial charge on any atom is 0.165 e. The minimum Gasteiger partial charge on any atom is -0.497 e. The van der Waals surface area contributed by atoms with Gasteiger partial charge in [0.05, 0.1) is 7.11 Å². The van der Waals surface area contributed by atoms with Crippen LogP contribution in [-0.2, 0) is 11.5 Å². The Labute approximate surface area is 201 Å². The first-order valence-corrected chi connectivity index (χ1v) is 12.3. The molecule has 0 fully saturated rings. The van der Waals surface area contributed by atoms with Crippen molar-refractivity contribution in [1.29, 1.82) is 0 Å². The van der Waals surface area contributed by atoms with E-state index in [1.807, 2.05) is 39.0 Å². The fourth-order valence-electron chi connectivity index (χ4n) is 4.24. The quantitative estimate of drug-likeness (QED) is 0.342. The second kappa shape index (κ2) is 10.3. The van der Waals surface area contributed by atoms with E-state index in [4.69, 9.17) is 4.74 Å². The Kier molecular flexibility index (Phi) is 7.28. The number of rotatable bonds is 9. The van der Waals surface area contributed by atoms with Gasteiger partial charge < -0.3 is 15.4 Å². The molecule has 1 aliphatic heterocycles. The number of thioether (sulfide) groups is 1. The molecule has 0 unspecified atom stereocenters. The van der Waals surface area contributed by atoms with Gasteiger partial charge in [0.25, 0.3) is 0 Å². The van der Waals surface area contributed by atoms with E-state index in [1.54, 1.807) is 7.11 Å². The number of benzene rings is 3. The first kappa shape index (κ1) is 23.2. The second-order valence-electron chi connectivity index (χ2n) is 7.97. The number of hydrogen-bond acceptors (Lipinski definition) is 6. The first-order valence-electron chi connectivity index (χ1n) is 11.1. The lowest BCUT2D eigenvalue weighted by molar-refractivity contribution is 0.415. The van der Waals surface area contributed by atoms with Gasteiger partial charge in [-0.3, -0.25) is 10.6 Å². The Morgan fingerprint density at radius 1 is 0.909 bits per heavy atom. The van der Waals surface area contributed by atoms with Crippen LogP contribution in [0.15, 0.2) is 72.8 Å². The topological polar surface area (TPSA) is 57.3 Å². The fourth-order valence-corrected chi connectivity index (χ4v) is 5.28. The van der Waals surface area contributed by atoms with Crippen LogP contribution in [0.1, 0.15) is 16.7 Å². The van der Waals surface area contributed by atoms with Gasteiger partial charge in [0.1, 0.15) is 5.75 Å². The first-order chi connectivity index (χ1) is 16.1. The molecule has 0 radical (unpaired) electrons. The highest BCUT2D eigenvalue weighted by Crippen LogP contribution is 2.41. The third kappa shape index (κ3) is 4.88. The third-order valence-electron chi connectivity index (χ3n) is 6.07. The van der Waals surface area contributed by atoms with E-state index in [9.17, 15) is 0 Å². The van der Waals surface area contributed by atoms with Gasteiger partial charge in [-0.05, 0) is 60.6 Å². The van der Waals surface area contributed by atoms with Crippen LogP contribution >= 0.6 is 11.8 Å². The van der Waals surface area contributed by atoms with Crippen LogP contribution in [0.2, 0.25) is 0 Å². The molecule has 4 rings (SSSR count). The van der Waals surface area contributed by atoms with E-state index in [1.165, 1.54) is 22.3 Å². The Bertz CT molecular complexity index is 1130. The maximum absolute atomic E-state index is 5.51. The molecule has 1 aliphatic rings. The van der Waals surface area contributed by atoms with E-state index in [0.717, 1.165) is 34.2 Å². The molecule has 0 atom stereocenters. The molecule has 0 aromatic heterocycles. The monoisotopic (exact) mass is 460 g/mol. The summed E-state index contributed by atoms with van der Waals surface area (Å²) in [6.07, 6.45) is 2.18. The summed E-state index contributed by atoms with van der Waals surface area (Å²) in [5.74, 6) is 2.19. The van der Waals surface area contributed by atoms with Gasteiger partial charge in [0, 0.05) is 35.5 Å². The molecular formula is C27H32N4OS. The summed E-state index contributed by atoms with van der Waals surface area (Å²) in [6.45, 7) is 0. The molecular weight excluding hydrogens is 428 g/mol. The molecule has 0 aliphatic carbocycles. The molecule has 5 nitrogen and oxygen atoms in total. The van der Waals surface area contributed by atoms with Gasteiger partial charge in [0.2, 0.25) is 0 Å². The molecule has 0 spiro atoms. The highest BCUT2D eigenvalue weighted by Gasteiger charge is 2.32. The van der Waals surface area contributed by atoms with Crippen molar-refractivity contribution < 1.29 is 4.74 Å². The summed E-state index contributed by atoms with van der Waals surface area (Å²) >= 11 is 1.93. The number of fused-ring (bicyclic) bond motifs is 1. The summed E-state index contributed by atoms with van der Waals surface area (Å²) in [5.41, 5.74) is 8.40. The molecule has 172 valence electrons. The molecule has 33 heavy (non-hydrogen) atoms. The average Bonchev–Trinajstić information content (AvgIpc) is 2.88. The van der Waals surface area contributed by atoms with Crippen molar-refractivity contribution in [3.05, 3.63) is 89.5 Å². The number of likely N-dealkylation sites (N-methyl/N-ethyl adjacent to an activating group) is 2. The molecule has 1 heterocycles. The number of nitrogens with one attached hydrogen (secondary N) is 4. The summed E-state index contributed by atoms with van der Waals surface area (Å²) in [4.78, 5) is 0. The number of anilines is 1. The van der Waals surface area contributed by atoms with Gasteiger partial charge in [-0.2, -0.15) is 11.8 Å². The van der Waals surface area contributed by atoms with E-state index in [2.05, 4.69) is 88.0 Å². The van der Waals surface area contributed by atoms with Crippen molar-refractivity contribution in [2.24, 2.45) is 0 Å². The highest BCUT2D eigenvalue weighted by molar-refractivity contribution is 7.97. The number of hydrogen-bond donors (Lipinski definition) is 4. The SMILES string of the molecule is CNC1=CC(NC)(NC)Nc2ccc(-c3cccc(OC)c3)c(CSCc3ccccc3)c21. The number of methoxy groups -OCH3 is 1. The Morgan fingerprint density at radius 2 is 1.70 bits per heavy atom. The molecule has 0 bridgehead atoms. The van der Waals surface area contributed by atoms with Gasteiger partial charge >= 0.3 is 0 Å². The molecule has 3 aromatic carbocycles. The number of ether oxygens (including phenoxy) is 1. The Hall–Kier alpha value is -2.93. The van der Waals surface area contributed by atoms with Crippen molar-refractivity contribution >= 4 is 23.1 Å². The molecule has 0 saturated carbocycles. The zero-order chi connectivity index (χ0) is 23.3. The summed E-state index contributed by atoms with van der Waals surface area (Å²) in [7, 11) is 7.58. The molecule has 0 saturated heterocycles. The van der Waals surface area contributed by atoms with Gasteiger partial charge in [-0.1, -0.05) is 48.5 Å². The van der Waals surface area contributed by atoms with Crippen molar-refractivity contribution in [1.82, 2.24) is 16.0 Å². The van der Waals surface area contributed by atoms with Crippen LogP contribution in [0.3, 0.4) is 0 Å². The average molecular weight is 461 g/mol. The third-order valence-corrected chi connectivity index (χ3v) is 7.10. The zero-order valence-corrected chi connectivity index (χ0v) is 20.5. The lowest BCUT2D eigenvalue weighted by Gasteiger charge is -2.38. The van der Waals surface area contributed by atoms with Gasteiger partial charge in [-0.25, -0.2) is 0 Å². The second-order valence-corrected chi connectivity index (χ2v) is 8.95. The lowest BCUT2D eigenvalue weighted by atomic mass is 9.90. The summed E-state index contributed by atoms with van der Waals surface area (Å²) in [5, 5.41) is 13.8. The fraction of sp³-hybridized carbons (Fsp3) is 0.259. The largest absolute Gasteiger partial charge is 0.497 e. The van der Waals surface area contributed by atoms with Crippen LogP contribution in [0, 0.1) is 0 Å². The molecule has 0 amide bonds. The van der Waals surface area contributed by atoms with Crippen LogP contribution in [-0.4, -0.2) is 34.0 Å². The van der Waals surface area contributed by atoms with E-state index in [0.29, 0.717) is 0 Å². The minimum absolute atomic E-state index is 0.517. The Balaban J connectivity index is 1.79. The van der Waals surface area contributed by atoms with E-state index in [-0.39, 0.29) is 0 Å². The summed E-state index contributed by atoms with van der Waals surface area (Å²) in [6, 6.07) is 23.3. The van der Waals surface area contributed by atoms with Crippen molar-refractivity contribution in [2.45, 2.75) is 17.3 Å². The predicted molar refractivity (Wildman–Crippen MR) is 141 cm³/mol. The predicted octanol–water partition coefficient (Wildman–Crippen LogP) is 4.87. The van der Waals surface area contributed by atoms with Crippen LogP contribution in [0.4, 0.5) is 5.69 Å². The molecule has 4 N–H and O–H groups in total. The Morgan fingerprint density at radius 3 is 2.39 bits per heavy atom. The van der Waals surface area contributed by atoms with Gasteiger partial charge in [0.15, 0.2) is 5.79 Å². The standard InChI is InChI=1S/C27H32N4OS/c1-28-25-16-27(29-2,30-3)31-24-14-13-22(20-11-8-12-21(15-20)32-4)23(26(24)25)18-33-17-19-9-6-5-7-10-19/h5-16,28-31H,17-18H2,1-4H3. The minimum atomic E-state index is -0.517. The molecule has 6 heteroatoms. The molecule has 3 aromatic rings. The van der Waals surface area contributed by atoms with Crippen molar-refractivity contribution in [2.75, 3.05) is 33.6 Å². The highest BCUT2D eigenvalue weighted by atomic mass is 32.2. The van der Waals surface area contributed by atoms with E-state index < -0.39 is 5.79 Å². The van der Waals surface area contributed by atoms with Gasteiger partial charge in [-0.15, -0.1) is 0 Å². The van der Waals surface area contributed by atoms with Crippen LogP contribution in [0.5, 0.6) is 5.75 Å². The smallest absolute Gasteiger partial charge is 0.165 e. The normalized spacial score (nSPS) is 14.1. The maximum atomic E-state index is 5.51. The van der Waals surface area contributed by atoms with Crippen molar-refractivity contribution in [3.63, 3.8) is 0 Å². The lowest BCUT2D eigenvalue weighted by Crippen LogP contribution is -2.60. The van der Waals surface area contributed by atoms with E-state index >= 15 is 0 Å². The zero-order valence-electron chi connectivity index (χ0n) is 19.7. The van der Waals surface area contributed by atoms with Crippen LogP contribution < -0.4 is 26.0 Å². The van der Waals surface area contributed by atoms with Crippen molar-refractivity contribution in [3.8, 4) is 16.9 Å².